The van der Waals surface area contributed by atoms with Crippen molar-refractivity contribution in [3.8, 4) is 5.75 Å². The summed E-state index contributed by atoms with van der Waals surface area (Å²) < 4.78 is 14.2. The van der Waals surface area contributed by atoms with Crippen LogP contribution in [-0.4, -0.2) is 15.6 Å². The molecule has 0 saturated heterocycles. The van der Waals surface area contributed by atoms with Gasteiger partial charge in [0.15, 0.2) is 11.6 Å². The molecule has 0 radical (unpaired) electrons. The normalized spacial score (nSPS) is 10.2. The first-order valence-electron chi connectivity index (χ1n) is 5.72. The Hall–Kier alpha value is -2.67. The van der Waals surface area contributed by atoms with Crippen molar-refractivity contribution in [2.75, 3.05) is 4.90 Å². The molecule has 0 aliphatic heterocycles. The van der Waals surface area contributed by atoms with Gasteiger partial charge in [0.05, 0.1) is 0 Å². The summed E-state index contributed by atoms with van der Waals surface area (Å²) in [4.78, 5) is 13.5. The predicted molar refractivity (Wildman–Crippen MR) is 73.2 cm³/mol. The summed E-state index contributed by atoms with van der Waals surface area (Å²) in [6, 6.07) is 12.1. The Labute approximate surface area is 118 Å². The molecule has 0 N–H and O–H groups in total. The van der Waals surface area contributed by atoms with Crippen LogP contribution in [0, 0.1) is 0 Å². The number of hydrogen-bond acceptors (Lipinski definition) is 6. The molecule has 100 valence electrons. The van der Waals surface area contributed by atoms with E-state index in [0.29, 0.717) is 17.4 Å². The van der Waals surface area contributed by atoms with E-state index in [4.69, 9.17) is 9.26 Å². The maximum Gasteiger partial charge on any atom is 0.427 e. The number of ether oxygens (including phenoxy) is 1. The largest absolute Gasteiger partial charge is 0.427 e. The molecule has 0 saturated carbocycles. The van der Waals surface area contributed by atoms with Gasteiger partial charge in [0.25, 0.3) is 0 Å². The van der Waals surface area contributed by atoms with Gasteiger partial charge in [0.2, 0.25) is 0 Å². The summed E-state index contributed by atoms with van der Waals surface area (Å²) in [5, 5.41) is 5.51. The fourth-order valence-electron chi connectivity index (χ4n) is 1.58. The van der Waals surface area contributed by atoms with E-state index in [-0.39, 0.29) is 0 Å². The quantitative estimate of drug-likeness (QED) is 0.737. The maximum absolute atomic E-state index is 12.3. The average molecular weight is 287 g/mol. The van der Waals surface area contributed by atoms with Gasteiger partial charge in [-0.05, 0) is 29.7 Å². The van der Waals surface area contributed by atoms with Crippen molar-refractivity contribution < 1.29 is 14.1 Å². The number of amides is 1. The zero-order valence-corrected chi connectivity index (χ0v) is 11.0. The standard InChI is InChI=1S/C13H9N3O3S/c17-13(19-10-4-2-1-3-5-10)16(11-6-8-18-14-11)12-7-9-20-15-12/h1-9H. The zero-order valence-electron chi connectivity index (χ0n) is 10.2. The van der Waals surface area contributed by atoms with Crippen molar-refractivity contribution in [1.82, 2.24) is 9.53 Å². The third-order valence-corrected chi connectivity index (χ3v) is 2.99. The molecule has 0 bridgehead atoms. The molecule has 2 aromatic heterocycles. The third kappa shape index (κ3) is 2.52. The van der Waals surface area contributed by atoms with Crippen molar-refractivity contribution >= 4 is 29.3 Å². The number of rotatable bonds is 3. The van der Waals surface area contributed by atoms with Gasteiger partial charge in [-0.3, -0.25) is 0 Å². The highest BCUT2D eigenvalue weighted by molar-refractivity contribution is 7.03. The number of hydrogen-bond donors (Lipinski definition) is 0. The van der Waals surface area contributed by atoms with E-state index < -0.39 is 6.09 Å². The fourth-order valence-corrected chi connectivity index (χ4v) is 2.08. The van der Waals surface area contributed by atoms with Crippen molar-refractivity contribution in [1.29, 1.82) is 0 Å². The molecule has 20 heavy (non-hydrogen) atoms. The Balaban J connectivity index is 1.88. The van der Waals surface area contributed by atoms with Crippen LogP contribution in [0.3, 0.4) is 0 Å². The third-order valence-electron chi connectivity index (χ3n) is 2.44. The first-order valence-corrected chi connectivity index (χ1v) is 6.56. The molecule has 1 aromatic carbocycles. The number of carbonyl (C=O) groups excluding carboxylic acids is 1. The Morgan fingerprint density at radius 3 is 2.65 bits per heavy atom. The lowest BCUT2D eigenvalue weighted by atomic mass is 10.3. The van der Waals surface area contributed by atoms with E-state index in [9.17, 15) is 4.79 Å². The summed E-state index contributed by atoms with van der Waals surface area (Å²) in [6.07, 6.45) is 0.779. The molecular formula is C13H9N3O3S. The molecule has 6 nitrogen and oxygen atoms in total. The minimum absolute atomic E-state index is 0.317. The second-order valence-corrected chi connectivity index (χ2v) is 4.40. The first-order chi connectivity index (χ1) is 9.84. The van der Waals surface area contributed by atoms with Gasteiger partial charge in [-0.15, -0.1) is 0 Å². The number of carbonyl (C=O) groups is 1. The van der Waals surface area contributed by atoms with Crippen LogP contribution in [0.5, 0.6) is 5.75 Å². The van der Waals surface area contributed by atoms with Gasteiger partial charge in [-0.1, -0.05) is 23.4 Å². The lowest BCUT2D eigenvalue weighted by Crippen LogP contribution is -2.29. The van der Waals surface area contributed by atoms with Crippen molar-refractivity contribution in [3.05, 3.63) is 54.1 Å². The summed E-state index contributed by atoms with van der Waals surface area (Å²) in [5.41, 5.74) is 0. The van der Waals surface area contributed by atoms with Crippen molar-refractivity contribution in [2.45, 2.75) is 0 Å². The maximum atomic E-state index is 12.3. The van der Waals surface area contributed by atoms with Crippen LogP contribution in [0.4, 0.5) is 16.4 Å². The second kappa shape index (κ2) is 5.54. The van der Waals surface area contributed by atoms with E-state index >= 15 is 0 Å². The predicted octanol–water partition coefficient (Wildman–Crippen LogP) is 3.47. The van der Waals surface area contributed by atoms with E-state index in [2.05, 4.69) is 9.53 Å². The number of benzene rings is 1. The van der Waals surface area contributed by atoms with Crippen LogP contribution < -0.4 is 9.64 Å². The Morgan fingerprint density at radius 1 is 1.15 bits per heavy atom. The summed E-state index contributed by atoms with van der Waals surface area (Å²) in [7, 11) is 0. The zero-order chi connectivity index (χ0) is 13.8. The highest BCUT2D eigenvalue weighted by atomic mass is 32.1. The number of nitrogens with zero attached hydrogens (tertiary/aromatic N) is 3. The van der Waals surface area contributed by atoms with E-state index in [0.717, 1.165) is 0 Å². The van der Waals surface area contributed by atoms with Crippen LogP contribution in [0.1, 0.15) is 0 Å². The fraction of sp³-hybridized carbons (Fsp3) is 0. The summed E-state index contributed by atoms with van der Waals surface area (Å²) in [5.74, 6) is 1.20. The topological polar surface area (TPSA) is 68.5 Å². The summed E-state index contributed by atoms with van der Waals surface area (Å²) >= 11 is 1.23. The molecule has 7 heteroatoms. The van der Waals surface area contributed by atoms with Crippen LogP contribution in [0.15, 0.2) is 58.6 Å². The Bertz CT molecular complexity index is 634. The van der Waals surface area contributed by atoms with Gasteiger partial charge in [0.1, 0.15) is 12.0 Å². The second-order valence-electron chi connectivity index (χ2n) is 3.73. The number of aromatic nitrogens is 2. The average Bonchev–Trinajstić information content (AvgIpc) is 3.14. The molecule has 3 aromatic rings. The molecule has 0 aliphatic carbocycles. The lowest BCUT2D eigenvalue weighted by molar-refractivity contribution is 0.210. The highest BCUT2D eigenvalue weighted by Crippen LogP contribution is 2.24. The van der Waals surface area contributed by atoms with Crippen LogP contribution in [0.25, 0.3) is 0 Å². The van der Waals surface area contributed by atoms with Gasteiger partial charge < -0.3 is 9.26 Å². The molecule has 0 atom stereocenters. The molecular weight excluding hydrogens is 278 g/mol. The van der Waals surface area contributed by atoms with Crippen molar-refractivity contribution in [3.63, 3.8) is 0 Å². The minimum Gasteiger partial charge on any atom is -0.410 e. The first kappa shape index (κ1) is 12.4. The monoisotopic (exact) mass is 287 g/mol. The van der Waals surface area contributed by atoms with Gasteiger partial charge in [-0.2, -0.15) is 4.37 Å². The van der Waals surface area contributed by atoms with E-state index in [1.165, 1.54) is 22.7 Å². The van der Waals surface area contributed by atoms with Crippen LogP contribution in [-0.2, 0) is 0 Å². The molecule has 1 amide bonds. The molecule has 0 unspecified atom stereocenters. The molecule has 0 aliphatic rings. The van der Waals surface area contributed by atoms with Crippen LogP contribution >= 0.6 is 11.5 Å². The van der Waals surface area contributed by atoms with E-state index in [1.54, 1.807) is 41.8 Å². The van der Waals surface area contributed by atoms with E-state index in [1.807, 2.05) is 6.07 Å². The SMILES string of the molecule is O=C(Oc1ccccc1)N(c1ccon1)c1ccsn1. The van der Waals surface area contributed by atoms with Crippen molar-refractivity contribution in [2.24, 2.45) is 0 Å². The minimum atomic E-state index is -0.601. The van der Waals surface area contributed by atoms with Gasteiger partial charge in [-0.25, -0.2) is 9.69 Å². The molecule has 3 rings (SSSR count). The smallest absolute Gasteiger partial charge is 0.410 e. The molecule has 0 fully saturated rings. The Morgan fingerprint density at radius 2 is 2.00 bits per heavy atom. The Kier molecular flexibility index (Phi) is 3.42. The van der Waals surface area contributed by atoms with Gasteiger partial charge in [0, 0.05) is 11.4 Å². The summed E-state index contributed by atoms with van der Waals surface area (Å²) in [6.45, 7) is 0. The number of para-hydroxylation sites is 1. The van der Waals surface area contributed by atoms with Gasteiger partial charge >= 0.3 is 6.09 Å². The van der Waals surface area contributed by atoms with Crippen LogP contribution in [0.2, 0.25) is 0 Å². The molecule has 2 heterocycles. The lowest BCUT2D eigenvalue weighted by Gasteiger charge is -2.16. The molecule has 0 spiro atoms. The number of anilines is 2. The highest BCUT2D eigenvalue weighted by Gasteiger charge is 2.24.